The van der Waals surface area contributed by atoms with Crippen molar-refractivity contribution in [2.24, 2.45) is 11.7 Å². The van der Waals surface area contributed by atoms with Gasteiger partial charge < -0.3 is 5.73 Å². The predicted octanol–water partition coefficient (Wildman–Crippen LogP) is 1.01. The van der Waals surface area contributed by atoms with Gasteiger partial charge in [0.25, 0.3) is 0 Å². The summed E-state index contributed by atoms with van der Waals surface area (Å²) in [5.74, 6) is 0.404. The lowest BCUT2D eigenvalue weighted by atomic mass is 10.2. The number of benzene rings is 1. The zero-order valence-corrected chi connectivity index (χ0v) is 11.0. The molecule has 0 aliphatic heterocycles. The Morgan fingerprint density at radius 1 is 1.47 bits per heavy atom. The summed E-state index contributed by atoms with van der Waals surface area (Å²) in [6, 6.07) is 6.55. The Kier molecular flexibility index (Phi) is 3.20. The summed E-state index contributed by atoms with van der Waals surface area (Å²) in [4.78, 5) is 0.251. The van der Waals surface area contributed by atoms with Gasteiger partial charge >= 0.3 is 0 Å². The van der Waals surface area contributed by atoms with Gasteiger partial charge in [0, 0.05) is 11.6 Å². The number of hydrogen-bond donors (Lipinski definition) is 2. The molecular formula is C11H14N2O2S2. The zero-order chi connectivity index (χ0) is 12.6. The van der Waals surface area contributed by atoms with Gasteiger partial charge in [-0.2, -0.15) is 0 Å². The van der Waals surface area contributed by atoms with Crippen molar-refractivity contribution in [3.05, 3.63) is 29.8 Å². The number of hydrogen-bond acceptors (Lipinski definition) is 3. The van der Waals surface area contributed by atoms with Gasteiger partial charge in [0.05, 0.1) is 4.90 Å². The number of thiocarbonyl (C=S) groups is 1. The van der Waals surface area contributed by atoms with E-state index in [0.717, 1.165) is 6.42 Å². The van der Waals surface area contributed by atoms with Crippen LogP contribution in [-0.2, 0) is 10.0 Å². The fourth-order valence-electron chi connectivity index (χ4n) is 1.65. The highest BCUT2D eigenvalue weighted by Gasteiger charge is 2.37. The average Bonchev–Trinajstić information content (AvgIpc) is 2.93. The van der Waals surface area contributed by atoms with Crippen LogP contribution in [0.15, 0.2) is 29.2 Å². The van der Waals surface area contributed by atoms with Gasteiger partial charge in [0.1, 0.15) is 4.99 Å². The Bertz CT molecular complexity index is 554. The van der Waals surface area contributed by atoms with E-state index in [1.807, 2.05) is 6.92 Å². The molecule has 0 saturated heterocycles. The first kappa shape index (κ1) is 12.5. The second-order valence-electron chi connectivity index (χ2n) is 4.30. The molecule has 2 atom stereocenters. The van der Waals surface area contributed by atoms with Crippen molar-refractivity contribution < 1.29 is 8.42 Å². The fraction of sp³-hybridized carbons (Fsp3) is 0.364. The normalized spacial score (nSPS) is 23.4. The molecule has 0 spiro atoms. The van der Waals surface area contributed by atoms with E-state index in [1.165, 1.54) is 6.07 Å². The second-order valence-corrected chi connectivity index (χ2v) is 6.42. The molecule has 17 heavy (non-hydrogen) atoms. The lowest BCUT2D eigenvalue weighted by Gasteiger charge is -2.10. The molecule has 92 valence electrons. The van der Waals surface area contributed by atoms with Crippen molar-refractivity contribution >= 4 is 27.2 Å². The fourth-order valence-corrected chi connectivity index (χ4v) is 3.48. The summed E-state index contributed by atoms with van der Waals surface area (Å²) in [6.45, 7) is 2.01. The summed E-state index contributed by atoms with van der Waals surface area (Å²) in [5, 5.41) is 0. The maximum atomic E-state index is 12.1. The Balaban J connectivity index is 2.35. The van der Waals surface area contributed by atoms with Crippen LogP contribution < -0.4 is 10.5 Å². The summed E-state index contributed by atoms with van der Waals surface area (Å²) in [5.41, 5.74) is 5.92. The van der Waals surface area contributed by atoms with E-state index < -0.39 is 10.0 Å². The third kappa shape index (κ3) is 2.65. The minimum absolute atomic E-state index is 0.0411. The van der Waals surface area contributed by atoms with Crippen molar-refractivity contribution in [1.29, 1.82) is 0 Å². The maximum Gasteiger partial charge on any atom is 0.241 e. The van der Waals surface area contributed by atoms with Gasteiger partial charge in [0.2, 0.25) is 10.0 Å². The molecule has 2 rings (SSSR count). The molecule has 3 N–H and O–H groups in total. The Labute approximate surface area is 106 Å². The average molecular weight is 270 g/mol. The van der Waals surface area contributed by atoms with Crippen molar-refractivity contribution in [2.75, 3.05) is 0 Å². The third-order valence-corrected chi connectivity index (χ3v) is 4.63. The Hall–Kier alpha value is -0.980. The standard InChI is InChI=1S/C11H14N2O2S2/c1-7-6-9(7)13-17(14,15)10-5-3-2-4-8(10)11(12)16/h2-5,7,9,13H,6H2,1H3,(H2,12,16). The molecule has 1 aliphatic carbocycles. The van der Waals surface area contributed by atoms with Crippen LogP contribution in [0.5, 0.6) is 0 Å². The first-order valence-corrected chi connectivity index (χ1v) is 7.22. The van der Waals surface area contributed by atoms with Crippen molar-refractivity contribution in [3.8, 4) is 0 Å². The van der Waals surface area contributed by atoms with Crippen molar-refractivity contribution in [2.45, 2.75) is 24.3 Å². The van der Waals surface area contributed by atoms with Gasteiger partial charge in [-0.05, 0) is 18.4 Å². The van der Waals surface area contributed by atoms with E-state index in [9.17, 15) is 8.42 Å². The van der Waals surface area contributed by atoms with Crippen LogP contribution in [0.1, 0.15) is 18.9 Å². The number of rotatable bonds is 4. The monoisotopic (exact) mass is 270 g/mol. The topological polar surface area (TPSA) is 72.2 Å². The van der Waals surface area contributed by atoms with E-state index in [2.05, 4.69) is 4.72 Å². The summed E-state index contributed by atoms with van der Waals surface area (Å²) >= 11 is 4.86. The summed E-state index contributed by atoms with van der Waals surface area (Å²) in [7, 11) is -3.52. The molecule has 1 aromatic rings. The smallest absolute Gasteiger partial charge is 0.241 e. The number of nitrogens with one attached hydrogen (secondary N) is 1. The molecule has 0 heterocycles. The lowest BCUT2D eigenvalue weighted by Crippen LogP contribution is -2.29. The Morgan fingerprint density at radius 3 is 2.59 bits per heavy atom. The lowest BCUT2D eigenvalue weighted by molar-refractivity contribution is 0.578. The molecule has 1 fully saturated rings. The van der Waals surface area contributed by atoms with Gasteiger partial charge in [-0.3, -0.25) is 0 Å². The van der Waals surface area contributed by atoms with Gasteiger partial charge in [-0.25, -0.2) is 13.1 Å². The second kappa shape index (κ2) is 4.36. The highest BCUT2D eigenvalue weighted by Crippen LogP contribution is 2.31. The number of nitrogens with two attached hydrogens (primary N) is 1. The van der Waals surface area contributed by atoms with Crippen molar-refractivity contribution in [1.82, 2.24) is 4.72 Å². The number of sulfonamides is 1. The van der Waals surface area contributed by atoms with E-state index in [1.54, 1.807) is 18.2 Å². The zero-order valence-electron chi connectivity index (χ0n) is 9.38. The van der Waals surface area contributed by atoms with E-state index in [0.29, 0.717) is 11.5 Å². The van der Waals surface area contributed by atoms with Crippen LogP contribution in [0, 0.1) is 5.92 Å². The van der Waals surface area contributed by atoms with E-state index >= 15 is 0 Å². The van der Waals surface area contributed by atoms with Gasteiger partial charge in [0.15, 0.2) is 0 Å². The van der Waals surface area contributed by atoms with E-state index in [4.69, 9.17) is 18.0 Å². The van der Waals surface area contributed by atoms with Crippen molar-refractivity contribution in [3.63, 3.8) is 0 Å². The van der Waals surface area contributed by atoms with Crippen LogP contribution in [0.25, 0.3) is 0 Å². The minimum Gasteiger partial charge on any atom is -0.389 e. The molecule has 1 aromatic carbocycles. The molecule has 1 aliphatic rings. The SMILES string of the molecule is CC1CC1NS(=O)(=O)c1ccccc1C(N)=S. The largest absolute Gasteiger partial charge is 0.389 e. The predicted molar refractivity (Wildman–Crippen MR) is 70.2 cm³/mol. The first-order valence-electron chi connectivity index (χ1n) is 5.33. The highest BCUT2D eigenvalue weighted by molar-refractivity contribution is 7.89. The van der Waals surface area contributed by atoms with Crippen LogP contribution in [0.2, 0.25) is 0 Å². The Morgan fingerprint density at radius 2 is 2.06 bits per heavy atom. The molecule has 4 nitrogen and oxygen atoms in total. The van der Waals surface area contributed by atoms with Crippen LogP contribution in [0.3, 0.4) is 0 Å². The summed E-state index contributed by atoms with van der Waals surface area (Å²) < 4.78 is 26.9. The quantitative estimate of drug-likeness (QED) is 0.801. The molecule has 0 amide bonds. The minimum atomic E-state index is -3.52. The molecule has 6 heteroatoms. The maximum absolute atomic E-state index is 12.1. The molecule has 2 unspecified atom stereocenters. The first-order chi connectivity index (χ1) is 7.92. The molecular weight excluding hydrogens is 256 g/mol. The summed E-state index contributed by atoms with van der Waals surface area (Å²) in [6.07, 6.45) is 0.883. The molecule has 0 radical (unpaired) electrons. The third-order valence-electron chi connectivity index (χ3n) is 2.86. The van der Waals surface area contributed by atoms with Crippen LogP contribution in [0.4, 0.5) is 0 Å². The van der Waals surface area contributed by atoms with E-state index in [-0.39, 0.29) is 15.9 Å². The van der Waals surface area contributed by atoms with Gasteiger partial charge in [-0.15, -0.1) is 0 Å². The molecule has 0 bridgehead atoms. The van der Waals surface area contributed by atoms with Crippen LogP contribution >= 0.6 is 12.2 Å². The van der Waals surface area contributed by atoms with Crippen LogP contribution in [-0.4, -0.2) is 19.4 Å². The van der Waals surface area contributed by atoms with Gasteiger partial charge in [-0.1, -0.05) is 37.3 Å². The molecule has 1 saturated carbocycles. The molecule has 0 aromatic heterocycles. The highest BCUT2D eigenvalue weighted by atomic mass is 32.2.